The van der Waals surface area contributed by atoms with Gasteiger partial charge >= 0.3 is 0 Å². The summed E-state index contributed by atoms with van der Waals surface area (Å²) in [6.45, 7) is 0. The van der Waals surface area contributed by atoms with E-state index in [1.807, 2.05) is 12.1 Å². The topological polar surface area (TPSA) is 72.0 Å². The average molecular weight is 207 g/mol. The van der Waals surface area contributed by atoms with Gasteiger partial charge in [-0.25, -0.2) is 4.98 Å². The first-order valence-corrected chi connectivity index (χ1v) is 4.87. The fourth-order valence-electron chi connectivity index (χ4n) is 1.14. The highest BCUT2D eigenvalue weighted by Crippen LogP contribution is 2.14. The Labute approximate surface area is 85.2 Å². The Bertz CT molecular complexity index is 424. The molecule has 1 aromatic heterocycles. The van der Waals surface area contributed by atoms with Crippen molar-refractivity contribution in [2.24, 2.45) is 0 Å². The standard InChI is InChI=1S/C9H9N3OS/c10-9-11-8(12-14-9)5-6-1-3-7(13)4-2-6/h1-4,13H,5H2,(H2,10,11,12). The predicted molar refractivity (Wildman–Crippen MR) is 55.2 cm³/mol. The molecular weight excluding hydrogens is 198 g/mol. The van der Waals surface area contributed by atoms with Crippen LogP contribution in [-0.4, -0.2) is 14.5 Å². The zero-order chi connectivity index (χ0) is 9.97. The molecule has 5 heteroatoms. The second kappa shape index (κ2) is 3.63. The molecule has 0 aliphatic carbocycles. The summed E-state index contributed by atoms with van der Waals surface area (Å²) < 4.78 is 4.08. The van der Waals surface area contributed by atoms with Gasteiger partial charge in [-0.05, 0) is 17.7 Å². The van der Waals surface area contributed by atoms with Crippen LogP contribution in [0.15, 0.2) is 24.3 Å². The first-order valence-electron chi connectivity index (χ1n) is 4.10. The number of hydrogen-bond acceptors (Lipinski definition) is 5. The summed E-state index contributed by atoms with van der Waals surface area (Å²) >= 11 is 1.19. The second-order valence-electron chi connectivity index (χ2n) is 2.89. The smallest absolute Gasteiger partial charge is 0.199 e. The number of nitrogens with zero attached hydrogens (tertiary/aromatic N) is 2. The zero-order valence-corrected chi connectivity index (χ0v) is 8.16. The van der Waals surface area contributed by atoms with E-state index in [2.05, 4.69) is 9.36 Å². The van der Waals surface area contributed by atoms with Crippen molar-refractivity contribution in [2.75, 3.05) is 5.73 Å². The van der Waals surface area contributed by atoms with E-state index in [1.165, 1.54) is 11.5 Å². The number of phenols is 1. The van der Waals surface area contributed by atoms with Crippen LogP contribution in [0.3, 0.4) is 0 Å². The van der Waals surface area contributed by atoms with E-state index in [0.29, 0.717) is 11.6 Å². The van der Waals surface area contributed by atoms with E-state index in [4.69, 9.17) is 10.8 Å². The van der Waals surface area contributed by atoms with Gasteiger partial charge in [0.1, 0.15) is 11.6 Å². The number of nitrogen functional groups attached to an aromatic ring is 1. The number of hydrogen-bond donors (Lipinski definition) is 2. The lowest BCUT2D eigenvalue weighted by atomic mass is 10.1. The molecule has 3 N–H and O–H groups in total. The van der Waals surface area contributed by atoms with Gasteiger partial charge in [0.25, 0.3) is 0 Å². The van der Waals surface area contributed by atoms with E-state index in [9.17, 15) is 0 Å². The van der Waals surface area contributed by atoms with E-state index in [-0.39, 0.29) is 5.75 Å². The van der Waals surface area contributed by atoms with Crippen molar-refractivity contribution >= 4 is 16.7 Å². The summed E-state index contributed by atoms with van der Waals surface area (Å²) in [6, 6.07) is 6.97. The van der Waals surface area contributed by atoms with E-state index in [0.717, 1.165) is 11.4 Å². The number of benzene rings is 1. The van der Waals surface area contributed by atoms with Crippen LogP contribution in [0.1, 0.15) is 11.4 Å². The molecule has 0 saturated heterocycles. The molecule has 0 radical (unpaired) electrons. The van der Waals surface area contributed by atoms with Crippen molar-refractivity contribution in [2.45, 2.75) is 6.42 Å². The van der Waals surface area contributed by atoms with Gasteiger partial charge in [0.05, 0.1) is 0 Å². The quantitative estimate of drug-likeness (QED) is 0.781. The maximum Gasteiger partial charge on any atom is 0.199 e. The molecule has 0 spiro atoms. The average Bonchev–Trinajstić information content (AvgIpc) is 2.56. The third kappa shape index (κ3) is 2.00. The summed E-state index contributed by atoms with van der Waals surface area (Å²) in [4.78, 5) is 4.05. The summed E-state index contributed by atoms with van der Waals surface area (Å²) in [7, 11) is 0. The number of aromatic nitrogens is 2. The Morgan fingerprint density at radius 3 is 2.57 bits per heavy atom. The summed E-state index contributed by atoms with van der Waals surface area (Å²) in [5.41, 5.74) is 6.52. The second-order valence-corrected chi connectivity index (χ2v) is 3.68. The van der Waals surface area contributed by atoms with E-state index < -0.39 is 0 Å². The summed E-state index contributed by atoms with van der Waals surface area (Å²) in [5, 5.41) is 9.56. The lowest BCUT2D eigenvalue weighted by Crippen LogP contribution is -1.91. The maximum absolute atomic E-state index is 9.08. The number of rotatable bonds is 2. The SMILES string of the molecule is Nc1nc(Cc2ccc(O)cc2)ns1. The fourth-order valence-corrected chi connectivity index (χ4v) is 1.59. The number of nitrogens with two attached hydrogens (primary N) is 1. The molecule has 0 bridgehead atoms. The minimum atomic E-state index is 0.263. The van der Waals surface area contributed by atoms with Gasteiger partial charge in [-0.3, -0.25) is 0 Å². The molecule has 0 aliphatic rings. The van der Waals surface area contributed by atoms with Crippen LogP contribution in [0.25, 0.3) is 0 Å². The molecule has 4 nitrogen and oxygen atoms in total. The number of anilines is 1. The van der Waals surface area contributed by atoms with Crippen molar-refractivity contribution in [3.63, 3.8) is 0 Å². The Hall–Kier alpha value is -1.62. The lowest BCUT2D eigenvalue weighted by Gasteiger charge is -1.96. The minimum absolute atomic E-state index is 0.263. The third-order valence-corrected chi connectivity index (χ3v) is 2.36. The van der Waals surface area contributed by atoms with Gasteiger partial charge in [0, 0.05) is 18.0 Å². The van der Waals surface area contributed by atoms with Crippen LogP contribution >= 0.6 is 11.5 Å². The highest BCUT2D eigenvalue weighted by atomic mass is 32.1. The Morgan fingerprint density at radius 1 is 1.29 bits per heavy atom. The molecule has 14 heavy (non-hydrogen) atoms. The lowest BCUT2D eigenvalue weighted by molar-refractivity contribution is 0.475. The normalized spacial score (nSPS) is 10.3. The van der Waals surface area contributed by atoms with Gasteiger partial charge < -0.3 is 10.8 Å². The highest BCUT2D eigenvalue weighted by molar-refractivity contribution is 7.09. The van der Waals surface area contributed by atoms with E-state index >= 15 is 0 Å². The Balaban J connectivity index is 2.15. The van der Waals surface area contributed by atoms with Gasteiger partial charge in [-0.2, -0.15) is 4.37 Å². The molecule has 72 valence electrons. The summed E-state index contributed by atoms with van der Waals surface area (Å²) in [5.74, 6) is 0.984. The molecule has 0 atom stereocenters. The first-order chi connectivity index (χ1) is 6.74. The molecule has 0 saturated carbocycles. The molecular formula is C9H9N3OS. The van der Waals surface area contributed by atoms with Crippen molar-refractivity contribution in [1.82, 2.24) is 9.36 Å². The largest absolute Gasteiger partial charge is 0.508 e. The van der Waals surface area contributed by atoms with Crippen LogP contribution in [0.2, 0.25) is 0 Å². The molecule has 0 aliphatic heterocycles. The van der Waals surface area contributed by atoms with Crippen molar-refractivity contribution in [1.29, 1.82) is 0 Å². The van der Waals surface area contributed by atoms with Crippen LogP contribution < -0.4 is 5.73 Å². The van der Waals surface area contributed by atoms with Gasteiger partial charge in [0.2, 0.25) is 0 Å². The van der Waals surface area contributed by atoms with Gasteiger partial charge in [-0.1, -0.05) is 12.1 Å². The molecule has 0 unspecified atom stereocenters. The molecule has 0 amide bonds. The minimum Gasteiger partial charge on any atom is -0.508 e. The van der Waals surface area contributed by atoms with Crippen molar-refractivity contribution < 1.29 is 5.11 Å². The third-order valence-electron chi connectivity index (χ3n) is 1.78. The van der Waals surface area contributed by atoms with Crippen LogP contribution in [0, 0.1) is 0 Å². The fraction of sp³-hybridized carbons (Fsp3) is 0.111. The molecule has 2 aromatic rings. The van der Waals surface area contributed by atoms with Crippen LogP contribution in [0.4, 0.5) is 5.13 Å². The molecule has 1 heterocycles. The first kappa shape index (κ1) is 8.96. The zero-order valence-electron chi connectivity index (χ0n) is 7.34. The maximum atomic E-state index is 9.08. The van der Waals surface area contributed by atoms with Gasteiger partial charge in [-0.15, -0.1) is 0 Å². The molecule has 0 fully saturated rings. The predicted octanol–water partition coefficient (Wildman–Crippen LogP) is 1.42. The summed E-state index contributed by atoms with van der Waals surface area (Å²) in [6.07, 6.45) is 0.647. The van der Waals surface area contributed by atoms with Crippen molar-refractivity contribution in [3.8, 4) is 5.75 Å². The monoisotopic (exact) mass is 207 g/mol. The van der Waals surface area contributed by atoms with Gasteiger partial charge in [0.15, 0.2) is 5.13 Å². The van der Waals surface area contributed by atoms with E-state index in [1.54, 1.807) is 12.1 Å². The Kier molecular flexibility index (Phi) is 2.32. The molecule has 2 rings (SSSR count). The number of aromatic hydroxyl groups is 1. The van der Waals surface area contributed by atoms with Crippen LogP contribution in [0.5, 0.6) is 5.75 Å². The van der Waals surface area contributed by atoms with Crippen LogP contribution in [-0.2, 0) is 6.42 Å². The highest BCUT2D eigenvalue weighted by Gasteiger charge is 2.02. The van der Waals surface area contributed by atoms with Crippen molar-refractivity contribution in [3.05, 3.63) is 35.7 Å². The molecule has 1 aromatic carbocycles. The Morgan fingerprint density at radius 2 is 2.00 bits per heavy atom. The number of phenolic OH excluding ortho intramolecular Hbond substituents is 1.